The van der Waals surface area contributed by atoms with Gasteiger partial charge in [0.15, 0.2) is 0 Å². The number of hydrogen-bond acceptors (Lipinski definition) is 3. The van der Waals surface area contributed by atoms with Gasteiger partial charge in [0.2, 0.25) is 0 Å². The highest BCUT2D eigenvalue weighted by atomic mass is 19.1. The molecule has 5 heteroatoms. The average Bonchev–Trinajstić information content (AvgIpc) is 2.74. The molecule has 0 aliphatic carbocycles. The highest BCUT2D eigenvalue weighted by molar-refractivity contribution is 5.94. The summed E-state index contributed by atoms with van der Waals surface area (Å²) in [6.07, 6.45) is 2.17. The van der Waals surface area contributed by atoms with Gasteiger partial charge in [0.25, 0.3) is 5.91 Å². The Morgan fingerprint density at radius 3 is 2.72 bits per heavy atom. The van der Waals surface area contributed by atoms with E-state index in [0.29, 0.717) is 18.5 Å². The summed E-state index contributed by atoms with van der Waals surface area (Å²) in [6, 6.07) is 10.6. The number of nitrogens with one attached hydrogen (secondary N) is 1. The molecule has 4 nitrogen and oxygen atoms in total. The van der Waals surface area contributed by atoms with E-state index in [-0.39, 0.29) is 11.5 Å². The summed E-state index contributed by atoms with van der Waals surface area (Å²) in [7, 11) is 1.70. The Morgan fingerprint density at radius 2 is 2.00 bits per heavy atom. The first-order valence-electron chi connectivity index (χ1n) is 10.3. The largest absolute Gasteiger partial charge is 0.496 e. The van der Waals surface area contributed by atoms with Gasteiger partial charge < -0.3 is 10.1 Å². The second-order valence-electron chi connectivity index (χ2n) is 7.98. The van der Waals surface area contributed by atoms with E-state index < -0.39 is 5.82 Å². The van der Waals surface area contributed by atoms with Crippen molar-refractivity contribution < 1.29 is 13.9 Å². The SMILES string of the molecule is COc1ccc(C(C)N2CCCC(CNC(=O)c3ccccc3F)C2)c(C)c1C. The van der Waals surface area contributed by atoms with E-state index in [2.05, 4.69) is 37.1 Å². The minimum atomic E-state index is -0.478. The van der Waals surface area contributed by atoms with Crippen LogP contribution in [-0.2, 0) is 0 Å². The normalized spacial score (nSPS) is 18.3. The van der Waals surface area contributed by atoms with E-state index in [9.17, 15) is 9.18 Å². The summed E-state index contributed by atoms with van der Waals surface area (Å²) in [5.41, 5.74) is 3.88. The van der Waals surface area contributed by atoms with Crippen LogP contribution in [-0.4, -0.2) is 37.6 Å². The molecule has 2 unspecified atom stereocenters. The molecule has 2 atom stereocenters. The molecule has 2 aromatic carbocycles. The van der Waals surface area contributed by atoms with Crippen molar-refractivity contribution in [3.05, 3.63) is 64.5 Å². The maximum atomic E-state index is 13.8. The van der Waals surface area contributed by atoms with Gasteiger partial charge in [-0.05, 0) is 81.0 Å². The molecule has 1 saturated heterocycles. The van der Waals surface area contributed by atoms with E-state index in [1.807, 2.05) is 6.07 Å². The summed E-state index contributed by atoms with van der Waals surface area (Å²) in [5.74, 6) is 0.469. The van der Waals surface area contributed by atoms with Gasteiger partial charge in [-0.25, -0.2) is 4.39 Å². The monoisotopic (exact) mass is 398 g/mol. The number of hydrogen-bond donors (Lipinski definition) is 1. The second-order valence-corrected chi connectivity index (χ2v) is 7.98. The highest BCUT2D eigenvalue weighted by Crippen LogP contribution is 2.32. The van der Waals surface area contributed by atoms with Crippen molar-refractivity contribution in [3.8, 4) is 5.75 Å². The number of ether oxygens (including phenoxy) is 1. The molecule has 0 aromatic heterocycles. The maximum absolute atomic E-state index is 13.8. The van der Waals surface area contributed by atoms with Crippen molar-refractivity contribution in [2.24, 2.45) is 5.92 Å². The number of nitrogens with zero attached hydrogens (tertiary/aromatic N) is 1. The van der Waals surface area contributed by atoms with Crippen molar-refractivity contribution in [3.63, 3.8) is 0 Å². The standard InChI is InChI=1S/C24H31FN2O2/c1-16-17(2)23(29-4)12-11-20(16)18(3)27-13-7-8-19(15-27)14-26-24(28)21-9-5-6-10-22(21)25/h5-6,9-12,18-19H,7-8,13-15H2,1-4H3,(H,26,28). The van der Waals surface area contributed by atoms with Gasteiger partial charge in [0, 0.05) is 19.1 Å². The number of amides is 1. The molecular formula is C24H31FN2O2. The lowest BCUT2D eigenvalue weighted by atomic mass is 9.92. The third kappa shape index (κ3) is 4.78. The molecule has 2 aromatic rings. The van der Waals surface area contributed by atoms with Crippen LogP contribution in [0.4, 0.5) is 4.39 Å². The van der Waals surface area contributed by atoms with Gasteiger partial charge in [-0.2, -0.15) is 0 Å². The third-order valence-corrected chi connectivity index (χ3v) is 6.22. The molecule has 1 aliphatic rings. The van der Waals surface area contributed by atoms with Crippen LogP contribution in [0.1, 0.15) is 52.9 Å². The molecule has 29 heavy (non-hydrogen) atoms. The van der Waals surface area contributed by atoms with E-state index in [1.54, 1.807) is 19.2 Å². The van der Waals surface area contributed by atoms with E-state index in [4.69, 9.17) is 4.74 Å². The number of carbonyl (C=O) groups is 1. The summed E-state index contributed by atoms with van der Waals surface area (Å²) >= 11 is 0. The minimum Gasteiger partial charge on any atom is -0.496 e. The molecular weight excluding hydrogens is 367 g/mol. The molecule has 1 amide bonds. The van der Waals surface area contributed by atoms with Gasteiger partial charge in [-0.3, -0.25) is 9.69 Å². The average molecular weight is 399 g/mol. The zero-order valence-electron chi connectivity index (χ0n) is 17.8. The van der Waals surface area contributed by atoms with Crippen molar-refractivity contribution in [1.82, 2.24) is 10.2 Å². The summed E-state index contributed by atoms with van der Waals surface area (Å²) in [5, 5.41) is 2.92. The fourth-order valence-electron chi connectivity index (χ4n) is 4.28. The quantitative estimate of drug-likeness (QED) is 0.770. The van der Waals surface area contributed by atoms with Gasteiger partial charge in [0.1, 0.15) is 11.6 Å². The van der Waals surface area contributed by atoms with Crippen LogP contribution in [0.25, 0.3) is 0 Å². The van der Waals surface area contributed by atoms with Crippen LogP contribution in [0, 0.1) is 25.6 Å². The maximum Gasteiger partial charge on any atom is 0.254 e. The van der Waals surface area contributed by atoms with Gasteiger partial charge in [0.05, 0.1) is 12.7 Å². The molecule has 1 aliphatic heterocycles. The molecule has 0 radical (unpaired) electrons. The highest BCUT2D eigenvalue weighted by Gasteiger charge is 2.26. The number of carbonyl (C=O) groups excluding carboxylic acids is 1. The minimum absolute atomic E-state index is 0.109. The number of methoxy groups -OCH3 is 1. The van der Waals surface area contributed by atoms with Crippen molar-refractivity contribution in [1.29, 1.82) is 0 Å². The fourth-order valence-corrected chi connectivity index (χ4v) is 4.28. The molecule has 3 rings (SSSR count). The van der Waals surface area contributed by atoms with E-state index >= 15 is 0 Å². The first-order valence-corrected chi connectivity index (χ1v) is 10.3. The molecule has 0 spiro atoms. The zero-order valence-corrected chi connectivity index (χ0v) is 17.8. The summed E-state index contributed by atoms with van der Waals surface area (Å²) < 4.78 is 19.2. The molecule has 1 heterocycles. The summed E-state index contributed by atoms with van der Waals surface area (Å²) in [6.45, 7) is 9.03. The van der Waals surface area contributed by atoms with Crippen LogP contribution in [0.15, 0.2) is 36.4 Å². The Hall–Kier alpha value is -2.40. The first-order chi connectivity index (χ1) is 13.9. The second kappa shape index (κ2) is 9.40. The summed E-state index contributed by atoms with van der Waals surface area (Å²) in [4.78, 5) is 14.8. The number of benzene rings is 2. The molecule has 156 valence electrons. The lowest BCUT2D eigenvalue weighted by Gasteiger charge is -2.38. The number of rotatable bonds is 6. The van der Waals surface area contributed by atoms with Crippen LogP contribution < -0.4 is 10.1 Å². The lowest BCUT2D eigenvalue weighted by Crippen LogP contribution is -2.42. The van der Waals surface area contributed by atoms with Crippen molar-refractivity contribution >= 4 is 5.91 Å². The van der Waals surface area contributed by atoms with Crippen LogP contribution in [0.5, 0.6) is 5.75 Å². The van der Waals surface area contributed by atoms with Crippen LogP contribution >= 0.6 is 0 Å². The predicted octanol–water partition coefficient (Wildman–Crippen LogP) is 4.65. The fraction of sp³-hybridized carbons (Fsp3) is 0.458. The molecule has 1 fully saturated rings. The lowest BCUT2D eigenvalue weighted by molar-refractivity contribution is 0.0913. The molecule has 0 bridgehead atoms. The van der Waals surface area contributed by atoms with Gasteiger partial charge in [-0.1, -0.05) is 18.2 Å². The van der Waals surface area contributed by atoms with Gasteiger partial charge >= 0.3 is 0 Å². The number of piperidine rings is 1. The Bertz CT molecular complexity index is 868. The zero-order chi connectivity index (χ0) is 21.0. The topological polar surface area (TPSA) is 41.6 Å². The Labute approximate surface area is 173 Å². The Kier molecular flexibility index (Phi) is 6.91. The van der Waals surface area contributed by atoms with Crippen molar-refractivity contribution in [2.45, 2.75) is 39.7 Å². The van der Waals surface area contributed by atoms with Crippen LogP contribution in [0.2, 0.25) is 0 Å². The number of halogens is 1. The van der Waals surface area contributed by atoms with Crippen molar-refractivity contribution in [2.75, 3.05) is 26.7 Å². The first kappa shape index (κ1) is 21.3. The smallest absolute Gasteiger partial charge is 0.254 e. The van der Waals surface area contributed by atoms with E-state index in [0.717, 1.165) is 31.7 Å². The Balaban J connectivity index is 1.62. The number of likely N-dealkylation sites (tertiary alicyclic amines) is 1. The third-order valence-electron chi connectivity index (χ3n) is 6.22. The molecule has 0 saturated carbocycles. The molecule has 1 N–H and O–H groups in total. The Morgan fingerprint density at radius 1 is 1.24 bits per heavy atom. The van der Waals surface area contributed by atoms with Gasteiger partial charge in [-0.15, -0.1) is 0 Å². The van der Waals surface area contributed by atoms with E-state index in [1.165, 1.54) is 28.8 Å². The predicted molar refractivity (Wildman–Crippen MR) is 114 cm³/mol. The van der Waals surface area contributed by atoms with Crippen LogP contribution in [0.3, 0.4) is 0 Å².